The van der Waals surface area contributed by atoms with Gasteiger partial charge < -0.3 is 10.2 Å². The molecular formula is C18H29N5O4S. The van der Waals surface area contributed by atoms with Crippen LogP contribution in [0.4, 0.5) is 0 Å². The summed E-state index contributed by atoms with van der Waals surface area (Å²) in [7, 11) is 0.278. The number of carbonyl (C=O) groups is 2. The van der Waals surface area contributed by atoms with Gasteiger partial charge in [0.05, 0.1) is 6.26 Å². The lowest BCUT2D eigenvalue weighted by Crippen LogP contribution is -2.41. The summed E-state index contributed by atoms with van der Waals surface area (Å²) < 4.78 is 27.1. The SMILES string of the molecule is CN1C(=O)CCCN(S(C)(=O)=O)CCCNC(=O)c2nn(C)c3c2CC1CC3. The number of aromatic nitrogens is 2. The summed E-state index contributed by atoms with van der Waals surface area (Å²) in [6, 6.07) is 0.0203. The predicted molar refractivity (Wildman–Crippen MR) is 104 cm³/mol. The Balaban J connectivity index is 1.86. The first kappa shape index (κ1) is 20.8. The number of rotatable bonds is 1. The van der Waals surface area contributed by atoms with E-state index in [0.717, 1.165) is 24.1 Å². The number of amides is 2. The highest BCUT2D eigenvalue weighted by atomic mass is 32.2. The minimum Gasteiger partial charge on any atom is -0.351 e. The van der Waals surface area contributed by atoms with Gasteiger partial charge in [0.2, 0.25) is 15.9 Å². The van der Waals surface area contributed by atoms with Crippen molar-refractivity contribution in [3.63, 3.8) is 0 Å². The average molecular weight is 412 g/mol. The minimum absolute atomic E-state index is 0.00617. The highest BCUT2D eigenvalue weighted by molar-refractivity contribution is 7.88. The fourth-order valence-corrected chi connectivity index (χ4v) is 4.98. The number of aryl methyl sites for hydroxylation is 1. The van der Waals surface area contributed by atoms with E-state index in [0.29, 0.717) is 51.0 Å². The van der Waals surface area contributed by atoms with E-state index in [4.69, 9.17) is 0 Å². The molecule has 1 aromatic heterocycles. The Kier molecular flexibility index (Phi) is 6.09. The number of nitrogens with zero attached hydrogens (tertiary/aromatic N) is 4. The van der Waals surface area contributed by atoms with Gasteiger partial charge in [0.1, 0.15) is 0 Å². The van der Waals surface area contributed by atoms with Crippen LogP contribution in [0.3, 0.4) is 0 Å². The van der Waals surface area contributed by atoms with E-state index >= 15 is 0 Å². The highest BCUT2D eigenvalue weighted by Crippen LogP contribution is 2.27. The highest BCUT2D eigenvalue weighted by Gasteiger charge is 2.31. The van der Waals surface area contributed by atoms with Crippen molar-refractivity contribution in [3.8, 4) is 0 Å². The second-order valence-electron chi connectivity index (χ2n) is 7.67. The Hall–Kier alpha value is -1.94. The van der Waals surface area contributed by atoms with Crippen LogP contribution in [0.2, 0.25) is 0 Å². The van der Waals surface area contributed by atoms with Crippen molar-refractivity contribution in [1.29, 1.82) is 0 Å². The van der Waals surface area contributed by atoms with E-state index < -0.39 is 10.0 Å². The third-order valence-electron chi connectivity index (χ3n) is 5.72. The maximum atomic E-state index is 12.7. The summed E-state index contributed by atoms with van der Waals surface area (Å²) in [5, 5.41) is 7.27. The molecule has 2 heterocycles. The van der Waals surface area contributed by atoms with Gasteiger partial charge in [-0.15, -0.1) is 0 Å². The Bertz CT molecular complexity index is 864. The van der Waals surface area contributed by atoms with E-state index in [1.807, 2.05) is 7.05 Å². The third kappa shape index (κ3) is 4.38. The van der Waals surface area contributed by atoms with Gasteiger partial charge in [0.25, 0.3) is 5.91 Å². The summed E-state index contributed by atoms with van der Waals surface area (Å²) >= 11 is 0. The molecule has 1 aliphatic carbocycles. The van der Waals surface area contributed by atoms with Crippen molar-refractivity contribution in [2.45, 2.75) is 44.6 Å². The lowest BCUT2D eigenvalue weighted by molar-refractivity contribution is -0.132. The average Bonchev–Trinajstić information content (AvgIpc) is 2.97. The maximum absolute atomic E-state index is 12.7. The Morgan fingerprint density at radius 3 is 2.54 bits per heavy atom. The van der Waals surface area contributed by atoms with Crippen LogP contribution in [0.25, 0.3) is 0 Å². The molecule has 1 N–H and O–H groups in total. The zero-order valence-electron chi connectivity index (χ0n) is 16.8. The molecule has 0 aromatic carbocycles. The number of nitrogens with one attached hydrogen (secondary N) is 1. The minimum atomic E-state index is -3.35. The molecule has 9 nitrogen and oxygen atoms in total. The topological polar surface area (TPSA) is 105 Å². The van der Waals surface area contributed by atoms with Gasteiger partial charge >= 0.3 is 0 Å². The number of carbonyl (C=O) groups excluding carboxylic acids is 2. The summed E-state index contributed by atoms with van der Waals surface area (Å²) in [4.78, 5) is 27.1. The molecule has 2 aliphatic rings. The molecule has 1 aromatic rings. The normalized spacial score (nSPS) is 23.1. The number of hydrogen-bond acceptors (Lipinski definition) is 5. The van der Waals surface area contributed by atoms with Crippen LogP contribution < -0.4 is 5.32 Å². The molecule has 10 heteroatoms. The Morgan fingerprint density at radius 2 is 1.82 bits per heavy atom. The lowest BCUT2D eigenvalue weighted by atomic mass is 9.90. The van der Waals surface area contributed by atoms with Crippen LogP contribution in [0.5, 0.6) is 0 Å². The van der Waals surface area contributed by atoms with Gasteiger partial charge in [-0.05, 0) is 32.1 Å². The Labute approximate surface area is 166 Å². The van der Waals surface area contributed by atoms with E-state index in [1.54, 1.807) is 16.6 Å². The third-order valence-corrected chi connectivity index (χ3v) is 7.03. The molecule has 2 amide bonds. The van der Waals surface area contributed by atoms with Gasteiger partial charge in [0, 0.05) is 57.4 Å². The fraction of sp³-hybridized carbons (Fsp3) is 0.722. The Morgan fingerprint density at radius 1 is 1.11 bits per heavy atom. The first-order valence-corrected chi connectivity index (χ1v) is 11.6. The van der Waals surface area contributed by atoms with Crippen molar-refractivity contribution in [3.05, 3.63) is 17.0 Å². The molecule has 2 bridgehead atoms. The predicted octanol–water partition coefficient (Wildman–Crippen LogP) is -0.0889. The summed E-state index contributed by atoms with van der Waals surface area (Å²) in [6.45, 7) is 0.994. The smallest absolute Gasteiger partial charge is 0.272 e. The van der Waals surface area contributed by atoms with Gasteiger partial charge in [-0.2, -0.15) is 5.10 Å². The number of likely N-dealkylation sites (N-methyl/N-ethyl adjacent to an activating group) is 1. The first-order valence-electron chi connectivity index (χ1n) is 9.72. The van der Waals surface area contributed by atoms with Crippen molar-refractivity contribution in [2.24, 2.45) is 7.05 Å². The van der Waals surface area contributed by atoms with Crippen molar-refractivity contribution < 1.29 is 18.0 Å². The van der Waals surface area contributed by atoms with Crippen LogP contribution in [-0.4, -0.2) is 78.2 Å². The zero-order chi connectivity index (χ0) is 20.5. The van der Waals surface area contributed by atoms with Gasteiger partial charge in [0.15, 0.2) is 5.69 Å². The molecule has 0 fully saturated rings. The van der Waals surface area contributed by atoms with Crippen molar-refractivity contribution >= 4 is 21.8 Å². The van der Waals surface area contributed by atoms with E-state index in [9.17, 15) is 18.0 Å². The van der Waals surface area contributed by atoms with Gasteiger partial charge in [-0.25, -0.2) is 12.7 Å². The molecule has 0 spiro atoms. The summed E-state index contributed by atoms with van der Waals surface area (Å²) in [5.41, 5.74) is 2.39. The standard InChI is InChI=1S/C18H29N5O4S/c1-21-13-7-8-15-14(12-13)17(20-22(15)2)18(25)19-9-5-11-23(28(3,26)27)10-4-6-16(21)24/h13H,4-12H2,1-3H3,(H,19,25). The van der Waals surface area contributed by atoms with Crippen LogP contribution in [0.15, 0.2) is 0 Å². The largest absolute Gasteiger partial charge is 0.351 e. The molecular weight excluding hydrogens is 382 g/mol. The fourth-order valence-electron chi connectivity index (χ4n) is 4.06. The molecule has 1 aliphatic heterocycles. The van der Waals surface area contributed by atoms with Crippen LogP contribution in [-0.2, 0) is 34.7 Å². The monoisotopic (exact) mass is 411 g/mol. The zero-order valence-corrected chi connectivity index (χ0v) is 17.6. The maximum Gasteiger partial charge on any atom is 0.272 e. The summed E-state index contributed by atoms with van der Waals surface area (Å²) in [6.07, 6.45) is 4.69. The second kappa shape index (κ2) is 8.20. The first-order chi connectivity index (χ1) is 13.2. The van der Waals surface area contributed by atoms with Crippen LogP contribution in [0, 0.1) is 0 Å². The quantitative estimate of drug-likeness (QED) is 0.696. The van der Waals surface area contributed by atoms with Crippen LogP contribution >= 0.6 is 0 Å². The van der Waals surface area contributed by atoms with Gasteiger partial charge in [-0.3, -0.25) is 14.3 Å². The van der Waals surface area contributed by atoms with E-state index in [-0.39, 0.29) is 17.9 Å². The molecule has 1 unspecified atom stereocenters. The molecule has 156 valence electrons. The lowest BCUT2D eigenvalue weighted by Gasteiger charge is -2.32. The molecule has 1 atom stereocenters. The van der Waals surface area contributed by atoms with Gasteiger partial charge in [-0.1, -0.05) is 0 Å². The van der Waals surface area contributed by atoms with Crippen molar-refractivity contribution in [1.82, 2.24) is 24.3 Å². The number of fused-ring (bicyclic) bond motifs is 1. The molecule has 28 heavy (non-hydrogen) atoms. The van der Waals surface area contributed by atoms with Crippen molar-refractivity contribution in [2.75, 3.05) is 32.9 Å². The molecule has 0 saturated carbocycles. The van der Waals surface area contributed by atoms with E-state index in [1.165, 1.54) is 10.6 Å². The van der Waals surface area contributed by atoms with E-state index in [2.05, 4.69) is 10.4 Å². The molecule has 0 saturated heterocycles. The molecule has 3 rings (SSSR count). The number of hydrogen-bond donors (Lipinski definition) is 1. The molecule has 0 radical (unpaired) electrons. The second-order valence-corrected chi connectivity index (χ2v) is 9.66. The van der Waals surface area contributed by atoms with Crippen LogP contribution in [0.1, 0.15) is 47.4 Å². The summed E-state index contributed by atoms with van der Waals surface area (Å²) in [5.74, 6) is -0.237. The number of sulfonamides is 1.